The molecule has 0 radical (unpaired) electrons. The van der Waals surface area contributed by atoms with E-state index < -0.39 is 10.0 Å². The number of carbonyl (C=O) groups is 2. The van der Waals surface area contributed by atoms with Crippen molar-refractivity contribution in [1.29, 1.82) is 0 Å². The number of nitrogens with one attached hydrogen (secondary N) is 1. The number of carbonyl (C=O) groups excluding carboxylic acids is 2. The third-order valence-electron chi connectivity index (χ3n) is 8.34. The molecule has 0 aliphatic carbocycles. The lowest BCUT2D eigenvalue weighted by Crippen LogP contribution is -2.50. The van der Waals surface area contributed by atoms with Crippen molar-refractivity contribution in [1.82, 2.24) is 24.4 Å². The van der Waals surface area contributed by atoms with Crippen molar-refractivity contribution in [3.8, 4) is 0 Å². The van der Waals surface area contributed by atoms with Gasteiger partial charge in [0.2, 0.25) is 15.9 Å². The number of benzene rings is 1. The number of hydrogen-bond donors (Lipinski definition) is 2. The number of likely N-dealkylation sites (tertiary alicyclic amines) is 1. The van der Waals surface area contributed by atoms with Crippen molar-refractivity contribution in [2.45, 2.75) is 31.7 Å². The fourth-order valence-corrected chi connectivity index (χ4v) is 6.74. The predicted molar refractivity (Wildman–Crippen MR) is 165 cm³/mol. The second-order valence-electron chi connectivity index (χ2n) is 11.3. The van der Waals surface area contributed by atoms with Gasteiger partial charge in [-0.1, -0.05) is 11.6 Å². The van der Waals surface area contributed by atoms with Crippen LogP contribution in [0.15, 0.2) is 30.3 Å². The highest BCUT2D eigenvalue weighted by Crippen LogP contribution is 2.35. The van der Waals surface area contributed by atoms with Gasteiger partial charge in [0.1, 0.15) is 11.6 Å². The summed E-state index contributed by atoms with van der Waals surface area (Å²) in [5.74, 6) is 1.40. The van der Waals surface area contributed by atoms with E-state index in [1.165, 1.54) is 12.1 Å². The van der Waals surface area contributed by atoms with Crippen LogP contribution in [-0.2, 0) is 14.8 Å². The van der Waals surface area contributed by atoms with Crippen molar-refractivity contribution in [3.05, 3.63) is 46.6 Å². The topological polar surface area (TPSA) is 149 Å². The molecule has 0 spiro atoms. The first-order chi connectivity index (χ1) is 20.6. The van der Waals surface area contributed by atoms with Crippen molar-refractivity contribution in [3.63, 3.8) is 0 Å². The van der Waals surface area contributed by atoms with Crippen LogP contribution in [0.2, 0.25) is 5.02 Å². The number of sulfonamides is 1. The molecular formula is C28H36ClN9O4S. The van der Waals surface area contributed by atoms with Gasteiger partial charge >= 0.3 is 0 Å². The van der Waals surface area contributed by atoms with Crippen LogP contribution < -0.4 is 20.3 Å². The number of halogens is 1. The minimum Gasteiger partial charge on any atom is -0.356 e. The summed E-state index contributed by atoms with van der Waals surface area (Å²) >= 11 is 6.25. The van der Waals surface area contributed by atoms with Crippen molar-refractivity contribution in [2.24, 2.45) is 5.73 Å². The lowest BCUT2D eigenvalue weighted by molar-refractivity contribution is -0.129. The Bertz CT molecular complexity index is 1650. The highest BCUT2D eigenvalue weighted by molar-refractivity contribution is 7.92. The Morgan fingerprint density at radius 1 is 1.00 bits per heavy atom. The van der Waals surface area contributed by atoms with Gasteiger partial charge in [-0.05, 0) is 43.9 Å². The fourth-order valence-electron chi connectivity index (χ4n) is 5.99. The van der Waals surface area contributed by atoms with Crippen LogP contribution in [-0.4, -0.2) is 103 Å². The highest BCUT2D eigenvalue weighted by Gasteiger charge is 2.33. The summed E-state index contributed by atoms with van der Waals surface area (Å²) in [5, 5.41) is 5.35. The normalized spacial score (nSPS) is 19.5. The molecule has 6 rings (SSSR count). The fraction of sp³-hybridized carbons (Fsp3) is 0.500. The molecule has 13 nitrogen and oxygen atoms in total. The number of anilines is 3. The van der Waals surface area contributed by atoms with Gasteiger partial charge < -0.3 is 25.3 Å². The molecule has 5 heterocycles. The molecule has 0 unspecified atom stereocenters. The van der Waals surface area contributed by atoms with E-state index in [0.29, 0.717) is 49.8 Å². The van der Waals surface area contributed by atoms with Crippen molar-refractivity contribution < 1.29 is 18.0 Å². The average Bonchev–Trinajstić information content (AvgIpc) is 3.39. The summed E-state index contributed by atoms with van der Waals surface area (Å²) in [6, 6.07) is 8.24. The van der Waals surface area contributed by atoms with Gasteiger partial charge in [0.25, 0.3) is 5.91 Å². The van der Waals surface area contributed by atoms with Gasteiger partial charge in [0, 0.05) is 63.0 Å². The Hall–Kier alpha value is -3.62. The molecule has 0 bridgehead atoms. The van der Waals surface area contributed by atoms with Crippen LogP contribution in [0.25, 0.3) is 5.65 Å². The van der Waals surface area contributed by atoms with E-state index in [1.54, 1.807) is 15.9 Å². The standard InChI is InChI=1S/C28H36ClN9O4S/c1-43(41,42)33-21-7-6-19(29)15-20(21)28(40)37-10-3-2-5-23(37)22-16-25-31-24(34-8-4-9-34)17-26(38(25)32-22)35-11-13-36(14-12-35)27(39)18-30/h6-7,15-17,23,33H,2-5,8-14,18,30H2,1H3/t23-/m0/s1. The van der Waals surface area contributed by atoms with Gasteiger partial charge in [0.05, 0.1) is 35.8 Å². The minimum atomic E-state index is -3.62. The third-order valence-corrected chi connectivity index (χ3v) is 9.16. The van der Waals surface area contributed by atoms with Crippen LogP contribution in [0, 0.1) is 0 Å². The molecule has 3 aliphatic rings. The second-order valence-corrected chi connectivity index (χ2v) is 13.5. The van der Waals surface area contributed by atoms with E-state index in [-0.39, 0.29) is 35.7 Å². The lowest BCUT2D eigenvalue weighted by atomic mass is 9.98. The summed E-state index contributed by atoms with van der Waals surface area (Å²) in [7, 11) is -3.62. The van der Waals surface area contributed by atoms with Gasteiger partial charge in [-0.15, -0.1) is 0 Å². The Balaban J connectivity index is 1.35. The van der Waals surface area contributed by atoms with E-state index in [2.05, 4.69) is 20.6 Å². The van der Waals surface area contributed by atoms with E-state index in [0.717, 1.165) is 55.9 Å². The molecule has 15 heteroatoms. The first-order valence-corrected chi connectivity index (χ1v) is 16.8. The Morgan fingerprint density at radius 2 is 1.77 bits per heavy atom. The maximum Gasteiger partial charge on any atom is 0.256 e. The Morgan fingerprint density at radius 3 is 2.44 bits per heavy atom. The molecule has 1 atom stereocenters. The quantitative estimate of drug-likeness (QED) is 0.400. The summed E-state index contributed by atoms with van der Waals surface area (Å²) in [4.78, 5) is 39.1. The Kier molecular flexibility index (Phi) is 8.09. The summed E-state index contributed by atoms with van der Waals surface area (Å²) in [6.45, 7) is 4.80. The van der Waals surface area contributed by atoms with Crippen LogP contribution in [0.5, 0.6) is 0 Å². The zero-order valence-electron chi connectivity index (χ0n) is 24.1. The zero-order chi connectivity index (χ0) is 30.3. The molecule has 3 aliphatic heterocycles. The molecule has 3 aromatic rings. The summed E-state index contributed by atoms with van der Waals surface area (Å²) in [6.07, 6.45) is 4.61. The maximum absolute atomic E-state index is 14.0. The number of piperidine rings is 1. The molecule has 3 fully saturated rings. The largest absolute Gasteiger partial charge is 0.356 e. The van der Waals surface area contributed by atoms with Gasteiger partial charge in [-0.25, -0.2) is 13.4 Å². The smallest absolute Gasteiger partial charge is 0.256 e. The molecule has 3 saturated heterocycles. The molecule has 2 aromatic heterocycles. The number of nitrogens with two attached hydrogens (primary N) is 1. The first-order valence-electron chi connectivity index (χ1n) is 14.6. The minimum absolute atomic E-state index is 0.00126. The van der Waals surface area contributed by atoms with Gasteiger partial charge in [-0.3, -0.25) is 14.3 Å². The van der Waals surface area contributed by atoms with Crippen LogP contribution in [0.4, 0.5) is 17.3 Å². The molecule has 230 valence electrons. The van der Waals surface area contributed by atoms with E-state index in [4.69, 9.17) is 27.4 Å². The number of rotatable bonds is 7. The van der Waals surface area contributed by atoms with Crippen LogP contribution in [0.3, 0.4) is 0 Å². The zero-order valence-corrected chi connectivity index (χ0v) is 25.6. The molecule has 1 aromatic carbocycles. The molecule has 2 amide bonds. The molecular weight excluding hydrogens is 594 g/mol. The van der Waals surface area contributed by atoms with Gasteiger partial charge in [-0.2, -0.15) is 9.61 Å². The van der Waals surface area contributed by atoms with Gasteiger partial charge in [0.15, 0.2) is 5.65 Å². The van der Waals surface area contributed by atoms with E-state index >= 15 is 0 Å². The van der Waals surface area contributed by atoms with Crippen LogP contribution >= 0.6 is 11.6 Å². The SMILES string of the molecule is CS(=O)(=O)Nc1ccc(Cl)cc1C(=O)N1CCCC[C@H]1c1cc2nc(N3CCC3)cc(N3CCN(C(=O)CN)CC3)n2n1. The number of hydrogen-bond acceptors (Lipinski definition) is 9. The molecule has 3 N–H and O–H groups in total. The monoisotopic (exact) mass is 629 g/mol. The lowest BCUT2D eigenvalue weighted by Gasteiger charge is -2.37. The van der Waals surface area contributed by atoms with E-state index in [1.807, 2.05) is 10.6 Å². The Labute approximate surface area is 255 Å². The van der Waals surface area contributed by atoms with E-state index in [9.17, 15) is 18.0 Å². The highest BCUT2D eigenvalue weighted by atomic mass is 35.5. The number of nitrogens with zero attached hydrogens (tertiary/aromatic N) is 7. The number of piperazine rings is 1. The van der Waals surface area contributed by atoms with Crippen molar-refractivity contribution in [2.75, 3.05) is 73.1 Å². The number of amides is 2. The summed E-state index contributed by atoms with van der Waals surface area (Å²) < 4.78 is 28.4. The second kappa shape index (κ2) is 11.8. The molecule has 0 saturated carbocycles. The first kappa shape index (κ1) is 29.5. The summed E-state index contributed by atoms with van der Waals surface area (Å²) in [5.41, 5.74) is 7.38. The van der Waals surface area contributed by atoms with Crippen LogP contribution in [0.1, 0.15) is 47.8 Å². The van der Waals surface area contributed by atoms with Crippen molar-refractivity contribution >= 4 is 56.4 Å². The third kappa shape index (κ3) is 6.08. The number of aromatic nitrogens is 3. The molecule has 43 heavy (non-hydrogen) atoms. The average molecular weight is 630 g/mol. The predicted octanol–water partition coefficient (Wildman–Crippen LogP) is 1.94. The number of fused-ring (bicyclic) bond motifs is 1. The maximum atomic E-state index is 14.0.